The molecule has 4 fully saturated rings. The van der Waals surface area contributed by atoms with Crippen molar-refractivity contribution in [3.8, 4) is 6.07 Å². The lowest BCUT2D eigenvalue weighted by atomic mass is 9.78. The number of ether oxygens (including phenoxy) is 4. The van der Waals surface area contributed by atoms with E-state index in [1.54, 1.807) is 6.92 Å². The summed E-state index contributed by atoms with van der Waals surface area (Å²) in [4.78, 5) is 27.3. The second-order valence-electron chi connectivity index (χ2n) is 8.19. The van der Waals surface area contributed by atoms with E-state index < -0.39 is 50.8 Å². The molecule has 0 saturated carbocycles. The summed E-state index contributed by atoms with van der Waals surface area (Å²) in [5.41, 5.74) is 0. The summed E-state index contributed by atoms with van der Waals surface area (Å²) in [6.07, 6.45) is -1.09. The lowest BCUT2D eigenvalue weighted by Gasteiger charge is -2.24. The number of fused-ring (bicyclic) bond motifs is 8. The molecule has 11 nitrogen and oxygen atoms in total. The van der Waals surface area contributed by atoms with Gasteiger partial charge in [-0.1, -0.05) is 0 Å². The molecule has 12 heteroatoms. The zero-order valence-corrected chi connectivity index (χ0v) is 18.9. The smallest absolute Gasteiger partial charge is 0.280 e. The van der Waals surface area contributed by atoms with Crippen LogP contribution < -0.4 is 0 Å². The van der Waals surface area contributed by atoms with Gasteiger partial charge in [-0.05, 0) is 20.5 Å². The molecule has 0 radical (unpaired) electrons. The van der Waals surface area contributed by atoms with E-state index in [4.69, 9.17) is 33.3 Å². The summed E-state index contributed by atoms with van der Waals surface area (Å²) in [5, 5.41) is 8.63. The Morgan fingerprint density at radius 3 is 2.19 bits per heavy atom. The van der Waals surface area contributed by atoms with E-state index in [1.807, 2.05) is 24.8 Å². The Morgan fingerprint density at radius 1 is 1.10 bits per heavy atom. The highest BCUT2D eigenvalue weighted by Crippen LogP contribution is 2.54. The molecule has 0 aromatic heterocycles. The van der Waals surface area contributed by atoms with Gasteiger partial charge in [0.05, 0.1) is 49.7 Å². The monoisotopic (exact) mass is 457 g/mol. The summed E-state index contributed by atoms with van der Waals surface area (Å²) >= 11 is 0. The highest BCUT2D eigenvalue weighted by molar-refractivity contribution is 7.44. The van der Waals surface area contributed by atoms with E-state index in [2.05, 4.69) is 0 Å². The number of carbonyl (C=O) groups excluding carboxylic acids is 2. The van der Waals surface area contributed by atoms with Crippen LogP contribution in [0.5, 0.6) is 0 Å². The van der Waals surface area contributed by atoms with Crippen LogP contribution in [0.25, 0.3) is 0 Å². The maximum absolute atomic E-state index is 13.0. The molecule has 172 valence electrons. The summed E-state index contributed by atoms with van der Waals surface area (Å²) in [5.74, 6) is -2.73. The first-order valence-electron chi connectivity index (χ1n) is 10.3. The fourth-order valence-corrected chi connectivity index (χ4v) is 5.73. The molecule has 2 amide bonds. The van der Waals surface area contributed by atoms with Crippen LogP contribution in [0.15, 0.2) is 0 Å². The number of likely N-dealkylation sites (tertiary alicyclic amines) is 1. The van der Waals surface area contributed by atoms with Crippen LogP contribution in [0.3, 0.4) is 0 Å². The van der Waals surface area contributed by atoms with Crippen LogP contribution in [0.4, 0.5) is 0 Å². The van der Waals surface area contributed by atoms with Gasteiger partial charge in [-0.3, -0.25) is 14.5 Å². The number of nitrogens with zero attached hydrogens (tertiary/aromatic N) is 3. The van der Waals surface area contributed by atoms with Gasteiger partial charge in [0.15, 0.2) is 0 Å². The zero-order valence-electron chi connectivity index (χ0n) is 18.1. The lowest BCUT2D eigenvalue weighted by Crippen LogP contribution is -2.46. The second kappa shape index (κ2) is 8.96. The minimum absolute atomic E-state index is 0.226. The third-order valence-electron chi connectivity index (χ3n) is 6.02. The number of nitriles is 1. The van der Waals surface area contributed by atoms with Gasteiger partial charge in [-0.2, -0.15) is 5.26 Å². The summed E-state index contributed by atoms with van der Waals surface area (Å²) < 4.78 is 36.0. The molecule has 4 saturated heterocycles. The molecule has 0 aliphatic carbocycles. The largest absolute Gasteiger partial charge is 0.368 e. The SMILES string of the molecule is COC1(C)OC2C3O[C@@H](C4C(=O)N(CCCOP(OCCC#N)N(C)C)C(=O)C34)[C@H]2O1. The lowest BCUT2D eigenvalue weighted by molar-refractivity contribution is -0.330. The summed E-state index contributed by atoms with van der Waals surface area (Å²) in [6.45, 7) is 2.56. The van der Waals surface area contributed by atoms with Gasteiger partial charge in [-0.25, -0.2) is 4.67 Å². The fraction of sp³-hybridized carbons (Fsp3) is 0.842. The molecule has 0 N–H and O–H groups in total. The van der Waals surface area contributed by atoms with Crippen LogP contribution >= 0.6 is 8.53 Å². The van der Waals surface area contributed by atoms with E-state index in [9.17, 15) is 9.59 Å². The van der Waals surface area contributed by atoms with Crippen LogP contribution in [0, 0.1) is 23.2 Å². The van der Waals surface area contributed by atoms with Crippen LogP contribution in [-0.2, 0) is 37.6 Å². The molecular weight excluding hydrogens is 429 g/mol. The predicted molar refractivity (Wildman–Crippen MR) is 105 cm³/mol. The number of hydrogen-bond donors (Lipinski definition) is 0. The Hall–Kier alpha value is -1.22. The van der Waals surface area contributed by atoms with Gasteiger partial charge >= 0.3 is 0 Å². The molecule has 0 aromatic carbocycles. The Kier molecular flexibility index (Phi) is 6.64. The highest BCUT2D eigenvalue weighted by Gasteiger charge is 2.73. The molecule has 4 aliphatic heterocycles. The van der Waals surface area contributed by atoms with Crippen molar-refractivity contribution in [3.63, 3.8) is 0 Å². The standard InChI is InChI=1S/C19H28N3O8P/c1-19(25-4)29-15-13-11-12(14(28-13)16(15)30-19)18(24)22(17(11)23)8-6-10-27-31(21(2)3)26-9-5-7-20/h11-16H,5-6,8-10H2,1-4H3/t11?,12?,13-,14?,15+,16?,19?,31?/m0/s1. The Balaban J connectivity index is 1.31. The molecule has 4 rings (SSSR count). The van der Waals surface area contributed by atoms with Gasteiger partial charge in [0.25, 0.3) is 14.5 Å². The number of imide groups is 1. The summed E-state index contributed by atoms with van der Waals surface area (Å²) in [6, 6.07) is 2.02. The third-order valence-corrected chi connectivity index (χ3v) is 7.48. The molecule has 0 spiro atoms. The maximum atomic E-state index is 13.0. The summed E-state index contributed by atoms with van der Waals surface area (Å²) in [7, 11) is 3.87. The number of amides is 2. The van der Waals surface area contributed by atoms with Gasteiger partial charge < -0.3 is 28.0 Å². The van der Waals surface area contributed by atoms with Crippen molar-refractivity contribution >= 4 is 20.3 Å². The molecule has 0 aromatic rings. The van der Waals surface area contributed by atoms with Crippen molar-refractivity contribution in [2.24, 2.45) is 11.8 Å². The average molecular weight is 457 g/mol. The maximum Gasteiger partial charge on any atom is 0.280 e. The highest BCUT2D eigenvalue weighted by atomic mass is 31.2. The van der Waals surface area contributed by atoms with Crippen LogP contribution in [0.1, 0.15) is 19.8 Å². The van der Waals surface area contributed by atoms with Crippen LogP contribution in [-0.4, -0.2) is 92.7 Å². The van der Waals surface area contributed by atoms with E-state index in [1.165, 1.54) is 12.0 Å². The van der Waals surface area contributed by atoms with Crippen molar-refractivity contribution < 1.29 is 37.6 Å². The van der Waals surface area contributed by atoms with E-state index in [0.29, 0.717) is 26.1 Å². The van der Waals surface area contributed by atoms with Crippen LogP contribution in [0.2, 0.25) is 0 Å². The first-order valence-corrected chi connectivity index (χ1v) is 11.5. The molecule has 31 heavy (non-hydrogen) atoms. The van der Waals surface area contributed by atoms with Gasteiger partial charge in [0.2, 0.25) is 11.8 Å². The Morgan fingerprint density at radius 2 is 1.68 bits per heavy atom. The fourth-order valence-electron chi connectivity index (χ4n) is 4.66. The van der Waals surface area contributed by atoms with E-state index in [-0.39, 0.29) is 18.4 Å². The van der Waals surface area contributed by atoms with Crippen molar-refractivity contribution in [3.05, 3.63) is 0 Å². The van der Waals surface area contributed by atoms with Gasteiger partial charge in [0.1, 0.15) is 12.2 Å². The minimum atomic E-state index is -1.28. The molecular formula is C19H28N3O8P. The van der Waals surface area contributed by atoms with Crippen molar-refractivity contribution in [1.29, 1.82) is 5.26 Å². The van der Waals surface area contributed by atoms with Crippen molar-refractivity contribution in [1.82, 2.24) is 9.57 Å². The molecule has 4 aliphatic rings. The topological polar surface area (TPSA) is 120 Å². The quantitative estimate of drug-likeness (QED) is 0.262. The van der Waals surface area contributed by atoms with Gasteiger partial charge in [0, 0.05) is 20.6 Å². The number of hydrogen-bond acceptors (Lipinski definition) is 10. The first-order chi connectivity index (χ1) is 14.8. The molecule has 6 unspecified atom stereocenters. The third kappa shape index (κ3) is 4.01. The predicted octanol–water partition coefficient (Wildman–Crippen LogP) is 0.598. The van der Waals surface area contributed by atoms with Crippen molar-refractivity contribution in [2.45, 2.75) is 50.2 Å². The number of carbonyl (C=O) groups is 2. The number of rotatable bonds is 10. The van der Waals surface area contributed by atoms with E-state index >= 15 is 0 Å². The minimum Gasteiger partial charge on any atom is -0.368 e. The molecule has 2 bridgehead atoms. The average Bonchev–Trinajstić information content (AvgIpc) is 3.44. The number of methoxy groups -OCH3 is 1. The first kappa shape index (κ1) is 23.0. The van der Waals surface area contributed by atoms with Crippen molar-refractivity contribution in [2.75, 3.05) is 41.0 Å². The zero-order chi connectivity index (χ0) is 22.3. The normalized spacial score (nSPS) is 39.3. The Labute approximate surface area is 182 Å². The molecule has 4 heterocycles. The Bertz CT molecular complexity index is 725. The van der Waals surface area contributed by atoms with E-state index in [0.717, 1.165) is 0 Å². The second-order valence-corrected chi connectivity index (χ2v) is 9.98. The molecule has 8 atom stereocenters. The van der Waals surface area contributed by atoms with Gasteiger partial charge in [-0.15, -0.1) is 0 Å².